The van der Waals surface area contributed by atoms with Crippen LogP contribution in [0.2, 0.25) is 0 Å². The lowest BCUT2D eigenvalue weighted by molar-refractivity contribution is -0.332. The average Bonchev–Trinajstić information content (AvgIpc) is 2.66. The summed E-state index contributed by atoms with van der Waals surface area (Å²) >= 11 is 0. The Kier molecular flexibility index (Phi) is 10.4. The maximum absolute atomic E-state index is 11.8. The van der Waals surface area contributed by atoms with Crippen molar-refractivity contribution in [3.8, 4) is 0 Å². The third-order valence-corrected chi connectivity index (χ3v) is 4.16. The molecule has 0 amide bonds. The number of methoxy groups -OCH3 is 1. The molecular weight excluding hydrogens is 432 g/mol. The first kappa shape index (κ1) is 27.2. The normalized spacial score (nSPS) is 25.8. The van der Waals surface area contributed by atoms with Crippen LogP contribution < -0.4 is 0 Å². The Morgan fingerprint density at radius 2 is 1.31 bits per heavy atom. The van der Waals surface area contributed by atoms with Crippen LogP contribution in [0.5, 0.6) is 0 Å². The monoisotopic (exact) mass is 460 g/mol. The van der Waals surface area contributed by atoms with Crippen LogP contribution in [0, 0.1) is 0 Å². The largest absolute Gasteiger partial charge is 0.463 e. The van der Waals surface area contributed by atoms with Gasteiger partial charge in [-0.2, -0.15) is 0 Å². The van der Waals surface area contributed by atoms with Crippen LogP contribution in [0.1, 0.15) is 34.6 Å². The molecule has 0 aromatic heterocycles. The quantitative estimate of drug-likeness (QED) is 0.190. The molecule has 0 spiro atoms. The molecule has 6 atom stereocenters. The van der Waals surface area contributed by atoms with Crippen LogP contribution in [0.4, 0.5) is 0 Å². The fourth-order valence-corrected chi connectivity index (χ4v) is 2.87. The Labute approximate surface area is 185 Å². The molecule has 12 nitrogen and oxygen atoms in total. The summed E-state index contributed by atoms with van der Waals surface area (Å²) in [7, 11) is 1.24. The Hall–Kier alpha value is -2.83. The fourth-order valence-electron chi connectivity index (χ4n) is 2.87. The summed E-state index contributed by atoms with van der Waals surface area (Å²) in [4.78, 5) is 58.2. The molecule has 180 valence electrons. The molecule has 0 bridgehead atoms. The van der Waals surface area contributed by atoms with Crippen molar-refractivity contribution in [2.45, 2.75) is 71.6 Å². The predicted octanol–water partition coefficient (Wildman–Crippen LogP) is 0.204. The van der Waals surface area contributed by atoms with Crippen LogP contribution in [-0.2, 0) is 57.1 Å². The number of esters is 4. The molecule has 0 aromatic carbocycles. The molecule has 1 aliphatic heterocycles. The minimum atomic E-state index is -1.49. The van der Waals surface area contributed by atoms with Gasteiger partial charge >= 0.3 is 23.9 Å². The zero-order chi connectivity index (χ0) is 24.6. The summed E-state index contributed by atoms with van der Waals surface area (Å²) in [5.74, 6) is -3.43. The van der Waals surface area contributed by atoms with Crippen LogP contribution in [0.3, 0.4) is 0 Å². The van der Waals surface area contributed by atoms with Gasteiger partial charge in [0.05, 0.1) is 0 Å². The molecule has 12 heteroatoms. The number of ether oxygens (including phenoxy) is 7. The van der Waals surface area contributed by atoms with Gasteiger partial charge in [-0.05, 0) is 6.92 Å². The van der Waals surface area contributed by atoms with E-state index in [9.17, 15) is 24.0 Å². The third-order valence-electron chi connectivity index (χ3n) is 4.16. The van der Waals surface area contributed by atoms with Gasteiger partial charge in [0, 0.05) is 40.4 Å². The van der Waals surface area contributed by atoms with Crippen LogP contribution in [-0.4, -0.2) is 80.4 Å². The highest BCUT2D eigenvalue weighted by Gasteiger charge is 2.53. The first-order chi connectivity index (χ1) is 14.9. The lowest BCUT2D eigenvalue weighted by atomic mass is 9.98. The van der Waals surface area contributed by atoms with Crippen molar-refractivity contribution in [3.63, 3.8) is 0 Å². The maximum atomic E-state index is 11.8. The van der Waals surface area contributed by atoms with Crippen molar-refractivity contribution in [1.29, 1.82) is 0 Å². The second-order valence-corrected chi connectivity index (χ2v) is 6.85. The van der Waals surface area contributed by atoms with Gasteiger partial charge in [0.25, 0.3) is 0 Å². The summed E-state index contributed by atoms with van der Waals surface area (Å²) < 4.78 is 37.3. The van der Waals surface area contributed by atoms with Crippen LogP contribution in [0.25, 0.3) is 0 Å². The first-order valence-corrected chi connectivity index (χ1v) is 9.55. The summed E-state index contributed by atoms with van der Waals surface area (Å²) in [6.07, 6.45) is -8.15. The van der Waals surface area contributed by atoms with Gasteiger partial charge in [0.2, 0.25) is 6.29 Å². The molecular formula is C20H28O12. The van der Waals surface area contributed by atoms with Crippen molar-refractivity contribution in [1.82, 2.24) is 0 Å². The Bertz CT molecular complexity index is 745. The third kappa shape index (κ3) is 8.02. The van der Waals surface area contributed by atoms with E-state index in [1.807, 2.05) is 0 Å². The van der Waals surface area contributed by atoms with Gasteiger partial charge < -0.3 is 33.2 Å². The molecule has 0 unspecified atom stereocenters. The van der Waals surface area contributed by atoms with Gasteiger partial charge in [-0.1, -0.05) is 6.58 Å². The van der Waals surface area contributed by atoms with Crippen LogP contribution >= 0.6 is 0 Å². The van der Waals surface area contributed by atoms with E-state index in [2.05, 4.69) is 6.58 Å². The van der Waals surface area contributed by atoms with E-state index in [0.29, 0.717) is 0 Å². The van der Waals surface area contributed by atoms with Crippen molar-refractivity contribution in [3.05, 3.63) is 12.2 Å². The van der Waals surface area contributed by atoms with Gasteiger partial charge in [-0.15, -0.1) is 0 Å². The molecule has 0 saturated carbocycles. The second-order valence-electron chi connectivity index (χ2n) is 6.85. The first-order valence-electron chi connectivity index (χ1n) is 9.55. The van der Waals surface area contributed by atoms with Gasteiger partial charge in [0.1, 0.15) is 12.7 Å². The lowest BCUT2D eigenvalue weighted by Crippen LogP contribution is -2.63. The van der Waals surface area contributed by atoms with Crippen molar-refractivity contribution in [2.75, 3.05) is 13.7 Å². The second kappa shape index (κ2) is 12.3. The predicted molar refractivity (Wildman–Crippen MR) is 104 cm³/mol. The molecule has 0 aliphatic carbocycles. The SMILES string of the molecule is C=C(C(C)=O)[C@@H](OC)O[C@@H]1O[C@H](COC(C)=O)[C@@H](OC(C)=O)[C@H](OC(C)=O)[C@H]1OC(C)=O. The summed E-state index contributed by atoms with van der Waals surface area (Å²) in [5, 5.41) is 0. The van der Waals surface area contributed by atoms with E-state index in [1.165, 1.54) is 14.0 Å². The zero-order valence-corrected chi connectivity index (χ0v) is 18.8. The van der Waals surface area contributed by atoms with Crippen molar-refractivity contribution >= 4 is 29.7 Å². The number of hydrogen-bond donors (Lipinski definition) is 0. The van der Waals surface area contributed by atoms with E-state index in [-0.39, 0.29) is 5.57 Å². The average molecular weight is 460 g/mol. The lowest BCUT2D eigenvalue weighted by Gasteiger charge is -2.44. The molecule has 0 aromatic rings. The number of ketones is 1. The molecule has 32 heavy (non-hydrogen) atoms. The van der Waals surface area contributed by atoms with E-state index in [0.717, 1.165) is 27.7 Å². The minimum Gasteiger partial charge on any atom is -0.463 e. The summed E-state index contributed by atoms with van der Waals surface area (Å²) in [6.45, 7) is 8.87. The standard InChI is InChI=1S/C20H28O12/c1-9(10(2)21)19(26-7)32-20-18(30-14(6)25)17(29-13(5)24)16(28-12(4)23)15(31-20)8-27-11(3)22/h15-20H,1,8H2,2-7H3/t15-,16-,17+,18-,19+,20+/m1/s1. The Morgan fingerprint density at radius 3 is 1.75 bits per heavy atom. The van der Waals surface area contributed by atoms with Gasteiger partial charge in [0.15, 0.2) is 30.4 Å². The van der Waals surface area contributed by atoms with E-state index < -0.39 is 73.3 Å². The Morgan fingerprint density at radius 1 is 0.812 bits per heavy atom. The highest BCUT2D eigenvalue weighted by atomic mass is 16.8. The summed E-state index contributed by atoms with van der Waals surface area (Å²) in [5.41, 5.74) is -0.0691. The van der Waals surface area contributed by atoms with E-state index >= 15 is 0 Å². The molecule has 0 radical (unpaired) electrons. The fraction of sp³-hybridized carbons (Fsp3) is 0.650. The Balaban J connectivity index is 3.42. The molecule has 1 aliphatic rings. The maximum Gasteiger partial charge on any atom is 0.303 e. The number of hydrogen-bond acceptors (Lipinski definition) is 12. The minimum absolute atomic E-state index is 0.0691. The number of carbonyl (C=O) groups is 5. The highest BCUT2D eigenvalue weighted by molar-refractivity contribution is 5.93. The molecule has 1 saturated heterocycles. The molecule has 1 fully saturated rings. The van der Waals surface area contributed by atoms with Crippen molar-refractivity contribution in [2.24, 2.45) is 0 Å². The molecule has 1 heterocycles. The van der Waals surface area contributed by atoms with Gasteiger partial charge in [-0.3, -0.25) is 24.0 Å². The molecule has 1 rings (SSSR count). The van der Waals surface area contributed by atoms with E-state index in [1.54, 1.807) is 0 Å². The van der Waals surface area contributed by atoms with Gasteiger partial charge in [-0.25, -0.2) is 0 Å². The number of carbonyl (C=O) groups excluding carboxylic acids is 5. The highest BCUT2D eigenvalue weighted by Crippen LogP contribution is 2.31. The number of rotatable bonds is 10. The zero-order valence-electron chi connectivity index (χ0n) is 18.8. The number of Topliss-reactive ketones (excluding diaryl/α,β-unsaturated/α-hetero) is 1. The van der Waals surface area contributed by atoms with Crippen LogP contribution in [0.15, 0.2) is 12.2 Å². The molecule has 0 N–H and O–H groups in total. The topological polar surface area (TPSA) is 150 Å². The van der Waals surface area contributed by atoms with E-state index in [4.69, 9.17) is 33.2 Å². The smallest absolute Gasteiger partial charge is 0.303 e. The van der Waals surface area contributed by atoms with Crippen molar-refractivity contribution < 1.29 is 57.1 Å². The summed E-state index contributed by atoms with van der Waals surface area (Å²) in [6, 6.07) is 0.